The second kappa shape index (κ2) is 7.60. The SMILES string of the molecule is CN(C)[C@@H](CNC(=O)Cc1cccc2ccccc12)c1cccs1. The molecular formula is C20H22N2OS. The van der Waals surface area contributed by atoms with Crippen molar-refractivity contribution in [1.29, 1.82) is 0 Å². The van der Waals surface area contributed by atoms with Gasteiger partial charge in [-0.3, -0.25) is 4.79 Å². The van der Waals surface area contributed by atoms with E-state index in [1.165, 1.54) is 10.3 Å². The lowest BCUT2D eigenvalue weighted by Gasteiger charge is -2.23. The standard InChI is InChI=1S/C20H22N2OS/c1-22(2)18(19-11-6-12-24-19)14-21-20(23)13-16-9-5-8-15-7-3-4-10-17(15)16/h3-12,18H,13-14H2,1-2H3,(H,21,23)/t18-/m0/s1. The van der Waals surface area contributed by atoms with E-state index < -0.39 is 0 Å². The van der Waals surface area contributed by atoms with Gasteiger partial charge >= 0.3 is 0 Å². The van der Waals surface area contributed by atoms with Gasteiger partial charge in [0.2, 0.25) is 5.91 Å². The molecule has 0 unspecified atom stereocenters. The summed E-state index contributed by atoms with van der Waals surface area (Å²) in [6.45, 7) is 0.622. The number of amides is 1. The van der Waals surface area contributed by atoms with Crippen molar-refractivity contribution >= 4 is 28.0 Å². The number of nitrogens with one attached hydrogen (secondary N) is 1. The number of nitrogens with zero attached hydrogens (tertiary/aromatic N) is 1. The van der Waals surface area contributed by atoms with Crippen LogP contribution in [0.5, 0.6) is 0 Å². The fourth-order valence-corrected chi connectivity index (χ4v) is 3.83. The van der Waals surface area contributed by atoms with Crippen LogP contribution in [0, 0.1) is 0 Å². The van der Waals surface area contributed by atoms with Crippen molar-refractivity contribution in [3.63, 3.8) is 0 Å². The van der Waals surface area contributed by atoms with Crippen molar-refractivity contribution in [2.45, 2.75) is 12.5 Å². The lowest BCUT2D eigenvalue weighted by molar-refractivity contribution is -0.120. The van der Waals surface area contributed by atoms with E-state index in [2.05, 4.69) is 45.9 Å². The average Bonchev–Trinajstić information content (AvgIpc) is 3.09. The fraction of sp³-hybridized carbons (Fsp3) is 0.250. The first-order valence-corrected chi connectivity index (χ1v) is 8.96. The topological polar surface area (TPSA) is 32.3 Å². The molecule has 3 aromatic rings. The molecule has 1 amide bonds. The van der Waals surface area contributed by atoms with E-state index in [0.717, 1.165) is 10.9 Å². The maximum atomic E-state index is 12.4. The summed E-state index contributed by atoms with van der Waals surface area (Å²) in [5.74, 6) is 0.0646. The highest BCUT2D eigenvalue weighted by Crippen LogP contribution is 2.22. The first-order valence-electron chi connectivity index (χ1n) is 8.08. The molecule has 0 bridgehead atoms. The molecule has 0 aliphatic rings. The Morgan fingerprint density at radius 1 is 1.08 bits per heavy atom. The number of likely N-dealkylation sites (N-methyl/N-ethyl adjacent to an activating group) is 1. The molecule has 1 aromatic heterocycles. The molecule has 0 saturated heterocycles. The molecular weight excluding hydrogens is 316 g/mol. The van der Waals surface area contributed by atoms with Gasteiger partial charge in [-0.1, -0.05) is 48.5 Å². The predicted octanol–water partition coefficient (Wildman–Crippen LogP) is 3.86. The minimum Gasteiger partial charge on any atom is -0.354 e. The lowest BCUT2D eigenvalue weighted by atomic mass is 10.0. The van der Waals surface area contributed by atoms with Gasteiger partial charge in [-0.15, -0.1) is 11.3 Å². The van der Waals surface area contributed by atoms with Crippen LogP contribution in [0.25, 0.3) is 10.8 Å². The lowest BCUT2D eigenvalue weighted by Crippen LogP contribution is -2.34. The summed E-state index contributed by atoms with van der Waals surface area (Å²) < 4.78 is 0. The van der Waals surface area contributed by atoms with Crippen LogP contribution in [0.4, 0.5) is 0 Å². The summed E-state index contributed by atoms with van der Waals surface area (Å²) in [4.78, 5) is 15.8. The molecule has 3 rings (SSSR count). The number of hydrogen-bond acceptors (Lipinski definition) is 3. The van der Waals surface area contributed by atoms with Crippen LogP contribution in [0.15, 0.2) is 60.0 Å². The summed E-state index contributed by atoms with van der Waals surface area (Å²) in [5.41, 5.74) is 1.07. The van der Waals surface area contributed by atoms with Crippen LogP contribution in [0.2, 0.25) is 0 Å². The van der Waals surface area contributed by atoms with Crippen LogP contribution in [0.3, 0.4) is 0 Å². The molecule has 0 fully saturated rings. The van der Waals surface area contributed by atoms with Gasteiger partial charge in [0, 0.05) is 11.4 Å². The second-order valence-electron chi connectivity index (χ2n) is 6.11. The zero-order valence-corrected chi connectivity index (χ0v) is 14.8. The molecule has 1 heterocycles. The van der Waals surface area contributed by atoms with Crippen LogP contribution in [0.1, 0.15) is 16.5 Å². The Bertz CT molecular complexity index is 806. The second-order valence-corrected chi connectivity index (χ2v) is 7.09. The van der Waals surface area contributed by atoms with Gasteiger partial charge in [0.05, 0.1) is 12.5 Å². The normalized spacial score (nSPS) is 12.5. The Kier molecular flexibility index (Phi) is 5.28. The van der Waals surface area contributed by atoms with Gasteiger partial charge in [0.15, 0.2) is 0 Å². The van der Waals surface area contributed by atoms with E-state index in [1.54, 1.807) is 11.3 Å². The van der Waals surface area contributed by atoms with Crippen LogP contribution in [-0.4, -0.2) is 31.4 Å². The molecule has 0 aliphatic heterocycles. The number of hydrogen-bond donors (Lipinski definition) is 1. The van der Waals surface area contributed by atoms with E-state index >= 15 is 0 Å². The summed E-state index contributed by atoms with van der Waals surface area (Å²) in [6, 6.07) is 18.7. The maximum Gasteiger partial charge on any atom is 0.224 e. The number of carbonyl (C=O) groups excluding carboxylic acids is 1. The molecule has 4 heteroatoms. The first-order chi connectivity index (χ1) is 11.6. The number of thiophene rings is 1. The van der Waals surface area contributed by atoms with E-state index in [0.29, 0.717) is 13.0 Å². The zero-order chi connectivity index (χ0) is 16.9. The summed E-state index contributed by atoms with van der Waals surface area (Å²) in [6.07, 6.45) is 0.409. The van der Waals surface area contributed by atoms with Gasteiger partial charge < -0.3 is 10.2 Å². The van der Waals surface area contributed by atoms with Crippen LogP contribution < -0.4 is 5.32 Å². The summed E-state index contributed by atoms with van der Waals surface area (Å²) in [5, 5.41) is 7.49. The van der Waals surface area contributed by atoms with Crippen molar-refractivity contribution in [3.05, 3.63) is 70.4 Å². The Balaban J connectivity index is 1.67. The number of benzene rings is 2. The first kappa shape index (κ1) is 16.7. The van der Waals surface area contributed by atoms with Gasteiger partial charge in [-0.25, -0.2) is 0 Å². The number of fused-ring (bicyclic) bond motifs is 1. The molecule has 0 radical (unpaired) electrons. The summed E-state index contributed by atoms with van der Waals surface area (Å²) in [7, 11) is 4.09. The monoisotopic (exact) mass is 338 g/mol. The third-order valence-electron chi connectivity index (χ3n) is 4.22. The third kappa shape index (κ3) is 3.83. The molecule has 3 nitrogen and oxygen atoms in total. The Hall–Kier alpha value is -2.17. The van der Waals surface area contributed by atoms with Crippen molar-refractivity contribution in [1.82, 2.24) is 10.2 Å². The molecule has 0 saturated carbocycles. The van der Waals surface area contributed by atoms with E-state index in [9.17, 15) is 4.79 Å². The number of carbonyl (C=O) groups is 1. The average molecular weight is 338 g/mol. The largest absolute Gasteiger partial charge is 0.354 e. The van der Waals surface area contributed by atoms with Crippen molar-refractivity contribution < 1.29 is 4.79 Å². The third-order valence-corrected chi connectivity index (χ3v) is 5.19. The van der Waals surface area contributed by atoms with Crippen molar-refractivity contribution in [2.24, 2.45) is 0 Å². The molecule has 1 atom stereocenters. The van der Waals surface area contributed by atoms with Gasteiger partial charge in [0.25, 0.3) is 0 Å². The Labute approximate surface area is 146 Å². The van der Waals surface area contributed by atoms with Gasteiger partial charge in [0.1, 0.15) is 0 Å². The minimum absolute atomic E-state index is 0.0646. The smallest absolute Gasteiger partial charge is 0.224 e. The van der Waals surface area contributed by atoms with Gasteiger partial charge in [-0.05, 0) is 41.9 Å². The minimum atomic E-state index is 0.0646. The van der Waals surface area contributed by atoms with Crippen molar-refractivity contribution in [2.75, 3.05) is 20.6 Å². The van der Waals surface area contributed by atoms with Gasteiger partial charge in [-0.2, -0.15) is 0 Å². The predicted molar refractivity (Wildman–Crippen MR) is 101 cm³/mol. The zero-order valence-electron chi connectivity index (χ0n) is 14.0. The fourth-order valence-electron chi connectivity index (χ4n) is 2.91. The van der Waals surface area contributed by atoms with E-state index in [1.807, 2.05) is 38.4 Å². The molecule has 124 valence electrons. The quantitative estimate of drug-likeness (QED) is 0.740. The molecule has 0 aliphatic carbocycles. The van der Waals surface area contributed by atoms with Crippen LogP contribution in [-0.2, 0) is 11.2 Å². The summed E-state index contributed by atoms with van der Waals surface area (Å²) >= 11 is 1.72. The maximum absolute atomic E-state index is 12.4. The van der Waals surface area contributed by atoms with Crippen LogP contribution >= 0.6 is 11.3 Å². The molecule has 0 spiro atoms. The number of rotatable bonds is 6. The Morgan fingerprint density at radius 3 is 2.62 bits per heavy atom. The molecule has 2 aromatic carbocycles. The van der Waals surface area contributed by atoms with E-state index in [4.69, 9.17) is 0 Å². The Morgan fingerprint density at radius 2 is 1.88 bits per heavy atom. The van der Waals surface area contributed by atoms with Crippen molar-refractivity contribution in [3.8, 4) is 0 Å². The van der Waals surface area contributed by atoms with E-state index in [-0.39, 0.29) is 11.9 Å². The highest BCUT2D eigenvalue weighted by molar-refractivity contribution is 7.10. The highest BCUT2D eigenvalue weighted by atomic mass is 32.1. The molecule has 24 heavy (non-hydrogen) atoms. The highest BCUT2D eigenvalue weighted by Gasteiger charge is 2.16. The molecule has 1 N–H and O–H groups in total.